The number of benzene rings is 2. The maximum atomic E-state index is 10.9. The normalized spacial score (nSPS) is 13.5. The Hall–Kier alpha value is -2.22. The van der Waals surface area contributed by atoms with Gasteiger partial charge in [0, 0.05) is 11.1 Å². The zero-order chi connectivity index (χ0) is 19.9. The molecule has 0 aliphatic heterocycles. The van der Waals surface area contributed by atoms with Gasteiger partial charge in [0.05, 0.1) is 0 Å². The predicted molar refractivity (Wildman–Crippen MR) is 112 cm³/mol. The van der Waals surface area contributed by atoms with Gasteiger partial charge >= 0.3 is 0 Å². The zero-order valence-electron chi connectivity index (χ0n) is 17.4. The highest BCUT2D eigenvalue weighted by Gasteiger charge is 2.20. The van der Waals surface area contributed by atoms with Crippen LogP contribution in [0.5, 0.6) is 0 Å². The van der Waals surface area contributed by atoms with E-state index in [4.69, 9.17) is 0 Å². The third-order valence-corrected chi connectivity index (χ3v) is 4.94. The molecule has 0 saturated carbocycles. The molecule has 2 heteroatoms. The summed E-state index contributed by atoms with van der Waals surface area (Å²) in [6.45, 7) is 16.7. The van der Waals surface area contributed by atoms with Crippen LogP contribution in [-0.2, 0) is 10.8 Å². The first-order valence-corrected chi connectivity index (χ1v) is 9.17. The Morgan fingerprint density at radius 2 is 0.923 bits per heavy atom. The Bertz CT molecular complexity index is 772. The van der Waals surface area contributed by atoms with Gasteiger partial charge < -0.3 is 10.2 Å². The molecule has 2 nitrogen and oxygen atoms in total. The van der Waals surface area contributed by atoms with E-state index in [0.29, 0.717) is 11.1 Å². The van der Waals surface area contributed by atoms with Crippen LogP contribution in [0.2, 0.25) is 0 Å². The Kier molecular flexibility index (Phi) is 5.28. The molecule has 2 aromatic carbocycles. The topological polar surface area (TPSA) is 40.5 Å². The summed E-state index contributed by atoms with van der Waals surface area (Å²) < 4.78 is 0. The van der Waals surface area contributed by atoms with Crippen molar-refractivity contribution in [1.82, 2.24) is 0 Å². The SMILES string of the molecule is Cc1ccc(C(C)(C)C)cc1C(O)=C(O)c1cc(C(C)(C)C)ccc1C. The lowest BCUT2D eigenvalue weighted by Gasteiger charge is -2.22. The third-order valence-electron chi connectivity index (χ3n) is 4.94. The molecule has 0 spiro atoms. The van der Waals surface area contributed by atoms with Gasteiger partial charge in [-0.3, -0.25) is 0 Å². The largest absolute Gasteiger partial charge is 0.504 e. The highest BCUT2D eigenvalue weighted by molar-refractivity contribution is 5.84. The van der Waals surface area contributed by atoms with Gasteiger partial charge in [0.15, 0.2) is 11.5 Å². The van der Waals surface area contributed by atoms with Crippen LogP contribution in [0.4, 0.5) is 0 Å². The molecule has 0 atom stereocenters. The standard InChI is InChI=1S/C24H32O2/c1-15-9-11-17(23(3,4)5)13-19(15)21(25)22(26)20-14-18(24(6,7)8)12-10-16(20)2/h9-14,25-26H,1-8H3. The summed E-state index contributed by atoms with van der Waals surface area (Å²) >= 11 is 0. The molecule has 140 valence electrons. The molecular formula is C24H32O2. The van der Waals surface area contributed by atoms with Gasteiger partial charge in [-0.15, -0.1) is 0 Å². The maximum Gasteiger partial charge on any atom is 0.165 e. The average molecular weight is 353 g/mol. The molecule has 0 heterocycles. The van der Waals surface area contributed by atoms with E-state index in [-0.39, 0.29) is 22.3 Å². The number of aliphatic hydroxyl groups excluding tert-OH is 2. The maximum absolute atomic E-state index is 10.9. The van der Waals surface area contributed by atoms with Crippen LogP contribution in [0.1, 0.15) is 74.9 Å². The van der Waals surface area contributed by atoms with E-state index in [9.17, 15) is 10.2 Å². The van der Waals surface area contributed by atoms with Crippen LogP contribution in [0.25, 0.3) is 11.5 Å². The predicted octanol–water partition coefficient (Wildman–Crippen LogP) is 6.84. The molecule has 0 radical (unpaired) electrons. The van der Waals surface area contributed by atoms with Crippen LogP contribution in [0, 0.1) is 13.8 Å². The van der Waals surface area contributed by atoms with Crippen LogP contribution < -0.4 is 0 Å². The molecule has 0 saturated heterocycles. The summed E-state index contributed by atoms with van der Waals surface area (Å²) in [5.41, 5.74) is 5.42. The Labute approximate surface area is 158 Å². The summed E-state index contributed by atoms with van der Waals surface area (Å²) in [5.74, 6) is -0.134. The van der Waals surface area contributed by atoms with E-state index in [2.05, 4.69) is 53.7 Å². The molecule has 2 rings (SSSR count). The van der Waals surface area contributed by atoms with Crippen molar-refractivity contribution in [3.05, 3.63) is 69.8 Å². The second-order valence-corrected chi connectivity index (χ2v) is 9.26. The molecule has 2 N–H and O–H groups in total. The third kappa shape index (κ3) is 4.12. The first kappa shape index (κ1) is 20.1. The first-order valence-electron chi connectivity index (χ1n) is 9.17. The Balaban J connectivity index is 2.64. The molecule has 0 aliphatic rings. The smallest absolute Gasteiger partial charge is 0.165 e. The average Bonchev–Trinajstić information content (AvgIpc) is 2.52. The zero-order valence-corrected chi connectivity index (χ0v) is 17.4. The lowest BCUT2D eigenvalue weighted by atomic mass is 9.84. The van der Waals surface area contributed by atoms with Gasteiger partial charge in [-0.2, -0.15) is 0 Å². The van der Waals surface area contributed by atoms with E-state index < -0.39 is 0 Å². The minimum absolute atomic E-state index is 0.0274. The molecule has 0 fully saturated rings. The molecule has 26 heavy (non-hydrogen) atoms. The van der Waals surface area contributed by atoms with E-state index in [1.54, 1.807) is 0 Å². The Morgan fingerprint density at radius 1 is 0.615 bits per heavy atom. The second-order valence-electron chi connectivity index (χ2n) is 9.26. The Morgan fingerprint density at radius 3 is 1.19 bits per heavy atom. The van der Waals surface area contributed by atoms with Gasteiger partial charge in [-0.1, -0.05) is 65.8 Å². The quantitative estimate of drug-likeness (QED) is 0.459. The molecule has 0 aliphatic carbocycles. The summed E-state index contributed by atoms with van der Waals surface area (Å²) in [6.07, 6.45) is 0. The minimum atomic E-state index is -0.0669. The fourth-order valence-electron chi connectivity index (χ4n) is 2.94. The summed E-state index contributed by atoms with van der Waals surface area (Å²) in [4.78, 5) is 0. The highest BCUT2D eigenvalue weighted by atomic mass is 16.3. The lowest BCUT2D eigenvalue weighted by Crippen LogP contribution is -2.12. The summed E-state index contributed by atoms with van der Waals surface area (Å²) in [5, 5.41) is 21.7. The fraction of sp³-hybridized carbons (Fsp3) is 0.417. The number of hydrogen-bond donors (Lipinski definition) is 2. The summed E-state index contributed by atoms with van der Waals surface area (Å²) in [7, 11) is 0. The van der Waals surface area contributed by atoms with Gasteiger partial charge in [0.25, 0.3) is 0 Å². The van der Waals surface area contributed by atoms with Crippen LogP contribution in [-0.4, -0.2) is 10.2 Å². The van der Waals surface area contributed by atoms with Crippen LogP contribution in [0.3, 0.4) is 0 Å². The number of aliphatic hydroxyl groups is 2. The molecule has 0 unspecified atom stereocenters. The van der Waals surface area contributed by atoms with Crippen molar-refractivity contribution in [3.8, 4) is 0 Å². The van der Waals surface area contributed by atoms with Crippen molar-refractivity contribution in [1.29, 1.82) is 0 Å². The van der Waals surface area contributed by atoms with Gasteiger partial charge in [-0.25, -0.2) is 0 Å². The second kappa shape index (κ2) is 6.83. The van der Waals surface area contributed by atoms with E-state index in [1.165, 1.54) is 0 Å². The molecule has 0 bridgehead atoms. The van der Waals surface area contributed by atoms with Gasteiger partial charge in [-0.05, 0) is 59.1 Å². The number of hydrogen-bond acceptors (Lipinski definition) is 2. The first-order chi connectivity index (χ1) is 11.8. The van der Waals surface area contributed by atoms with E-state index >= 15 is 0 Å². The molecule has 0 aromatic heterocycles. The van der Waals surface area contributed by atoms with Crippen molar-refractivity contribution >= 4 is 11.5 Å². The minimum Gasteiger partial charge on any atom is -0.504 e. The molecule has 0 amide bonds. The van der Waals surface area contributed by atoms with Crippen molar-refractivity contribution in [2.45, 2.75) is 66.2 Å². The van der Waals surface area contributed by atoms with Gasteiger partial charge in [0.2, 0.25) is 0 Å². The van der Waals surface area contributed by atoms with E-state index in [1.807, 2.05) is 38.1 Å². The number of rotatable bonds is 2. The van der Waals surface area contributed by atoms with Gasteiger partial charge in [0.1, 0.15) is 0 Å². The van der Waals surface area contributed by atoms with Crippen molar-refractivity contribution < 1.29 is 10.2 Å². The van der Waals surface area contributed by atoms with E-state index in [0.717, 1.165) is 22.3 Å². The van der Waals surface area contributed by atoms with Crippen LogP contribution >= 0.6 is 0 Å². The van der Waals surface area contributed by atoms with Crippen molar-refractivity contribution in [2.75, 3.05) is 0 Å². The monoisotopic (exact) mass is 352 g/mol. The highest BCUT2D eigenvalue weighted by Crippen LogP contribution is 2.32. The van der Waals surface area contributed by atoms with Crippen molar-refractivity contribution in [2.24, 2.45) is 0 Å². The fourth-order valence-corrected chi connectivity index (χ4v) is 2.94. The number of aryl methyl sites for hydroxylation is 2. The molecular weight excluding hydrogens is 320 g/mol. The lowest BCUT2D eigenvalue weighted by molar-refractivity contribution is 0.458. The van der Waals surface area contributed by atoms with Crippen LogP contribution in [0.15, 0.2) is 36.4 Å². The van der Waals surface area contributed by atoms with Crippen molar-refractivity contribution in [3.63, 3.8) is 0 Å². The summed E-state index contributed by atoms with van der Waals surface area (Å²) in [6, 6.07) is 12.1. The molecule has 2 aromatic rings.